The highest BCUT2D eigenvalue weighted by molar-refractivity contribution is 5.83. The summed E-state index contributed by atoms with van der Waals surface area (Å²) in [6.07, 6.45) is 3.97. The van der Waals surface area contributed by atoms with Crippen molar-refractivity contribution in [2.75, 3.05) is 33.2 Å². The van der Waals surface area contributed by atoms with Gasteiger partial charge in [-0.2, -0.15) is 0 Å². The zero-order valence-corrected chi connectivity index (χ0v) is 14.4. The number of nitrogens with zero attached hydrogens (tertiary/aromatic N) is 1. The molecule has 0 unspecified atom stereocenters. The van der Waals surface area contributed by atoms with Crippen LogP contribution in [-0.2, 0) is 0 Å². The number of furan rings is 1. The molecule has 0 saturated heterocycles. The van der Waals surface area contributed by atoms with E-state index in [4.69, 9.17) is 13.9 Å². The Bertz CT molecular complexity index is 878. The quantitative estimate of drug-likeness (QED) is 0.682. The molecule has 0 aliphatic carbocycles. The summed E-state index contributed by atoms with van der Waals surface area (Å²) in [7, 11) is 7.32. The molecule has 0 fully saturated rings. The van der Waals surface area contributed by atoms with E-state index in [1.807, 2.05) is 67.5 Å². The van der Waals surface area contributed by atoms with Gasteiger partial charge in [0.25, 0.3) is 0 Å². The van der Waals surface area contributed by atoms with E-state index in [2.05, 4.69) is 6.07 Å². The Morgan fingerprint density at radius 3 is 2.46 bits per heavy atom. The first-order valence-corrected chi connectivity index (χ1v) is 7.72. The van der Waals surface area contributed by atoms with Crippen molar-refractivity contribution in [1.29, 1.82) is 0 Å². The Kier molecular flexibility index (Phi) is 4.47. The van der Waals surface area contributed by atoms with Gasteiger partial charge < -0.3 is 18.8 Å². The van der Waals surface area contributed by atoms with Crippen molar-refractivity contribution in [2.24, 2.45) is 0 Å². The molecule has 3 rings (SSSR count). The van der Waals surface area contributed by atoms with E-state index < -0.39 is 0 Å². The molecule has 0 radical (unpaired) electrons. The van der Waals surface area contributed by atoms with Crippen LogP contribution in [0.1, 0.15) is 11.3 Å². The number of anilines is 1. The molecule has 0 amide bonds. The largest absolute Gasteiger partial charge is 0.497 e. The molecule has 0 aliphatic rings. The number of hydrogen-bond donors (Lipinski definition) is 0. The van der Waals surface area contributed by atoms with Gasteiger partial charge in [-0.25, -0.2) is 0 Å². The summed E-state index contributed by atoms with van der Waals surface area (Å²) in [5, 5.41) is 1.05. The number of benzene rings is 2. The van der Waals surface area contributed by atoms with Gasteiger partial charge in [0.1, 0.15) is 22.8 Å². The van der Waals surface area contributed by atoms with Crippen molar-refractivity contribution in [2.45, 2.75) is 0 Å². The van der Waals surface area contributed by atoms with Crippen LogP contribution >= 0.6 is 0 Å². The monoisotopic (exact) mass is 323 g/mol. The number of hydrogen-bond acceptors (Lipinski definition) is 4. The summed E-state index contributed by atoms with van der Waals surface area (Å²) in [6.45, 7) is 0. The lowest BCUT2D eigenvalue weighted by Crippen LogP contribution is -2.09. The first-order valence-electron chi connectivity index (χ1n) is 7.72. The average Bonchev–Trinajstić information content (AvgIpc) is 3.01. The summed E-state index contributed by atoms with van der Waals surface area (Å²) >= 11 is 0. The van der Waals surface area contributed by atoms with Gasteiger partial charge >= 0.3 is 0 Å². The number of methoxy groups -OCH3 is 2. The van der Waals surface area contributed by atoms with Crippen molar-refractivity contribution < 1.29 is 13.9 Å². The van der Waals surface area contributed by atoms with Gasteiger partial charge in [-0.05, 0) is 42.0 Å². The predicted octanol–water partition coefficient (Wildman–Crippen LogP) is 4.69. The number of rotatable bonds is 5. The third-order valence-electron chi connectivity index (χ3n) is 3.87. The Hall–Kier alpha value is -2.88. The smallest absolute Gasteiger partial charge is 0.142 e. The molecule has 0 atom stereocenters. The van der Waals surface area contributed by atoms with Crippen LogP contribution in [-0.4, -0.2) is 28.3 Å². The molecule has 0 N–H and O–H groups in total. The highest BCUT2D eigenvalue weighted by Gasteiger charge is 2.06. The third kappa shape index (κ3) is 3.23. The Morgan fingerprint density at radius 2 is 1.75 bits per heavy atom. The lowest BCUT2D eigenvalue weighted by atomic mass is 10.1. The van der Waals surface area contributed by atoms with Crippen LogP contribution in [0.2, 0.25) is 0 Å². The zero-order chi connectivity index (χ0) is 17.1. The lowest BCUT2D eigenvalue weighted by molar-refractivity contribution is 0.414. The molecule has 0 saturated carbocycles. The van der Waals surface area contributed by atoms with Crippen LogP contribution in [0.3, 0.4) is 0 Å². The van der Waals surface area contributed by atoms with Crippen LogP contribution in [0.5, 0.6) is 11.5 Å². The summed E-state index contributed by atoms with van der Waals surface area (Å²) in [4.78, 5) is 2.03. The highest BCUT2D eigenvalue weighted by Crippen LogP contribution is 2.29. The van der Waals surface area contributed by atoms with Gasteiger partial charge in [-0.1, -0.05) is 12.1 Å². The molecule has 24 heavy (non-hydrogen) atoms. The van der Waals surface area contributed by atoms with E-state index >= 15 is 0 Å². The van der Waals surface area contributed by atoms with Crippen molar-refractivity contribution in [3.8, 4) is 11.5 Å². The SMILES string of the molecule is COc1ccc2cc(/C=C/c3ccc(N(C)C)c(OC)c3)oc2c1. The zero-order valence-electron chi connectivity index (χ0n) is 14.4. The topological polar surface area (TPSA) is 34.8 Å². The molecule has 3 aromatic rings. The molecule has 0 bridgehead atoms. The highest BCUT2D eigenvalue weighted by atomic mass is 16.5. The molecule has 2 aromatic carbocycles. The molecule has 0 spiro atoms. The van der Waals surface area contributed by atoms with Crippen molar-refractivity contribution >= 4 is 28.8 Å². The second-order valence-electron chi connectivity index (χ2n) is 5.71. The van der Waals surface area contributed by atoms with Crippen molar-refractivity contribution in [1.82, 2.24) is 0 Å². The maximum Gasteiger partial charge on any atom is 0.142 e. The number of ether oxygens (including phenoxy) is 2. The first kappa shape index (κ1) is 16.0. The maximum atomic E-state index is 5.84. The Labute approximate surface area is 141 Å². The fourth-order valence-corrected chi connectivity index (χ4v) is 2.59. The van der Waals surface area contributed by atoms with E-state index in [1.54, 1.807) is 14.2 Å². The first-order chi connectivity index (χ1) is 11.6. The molecule has 0 aliphatic heterocycles. The Morgan fingerprint density at radius 1 is 0.917 bits per heavy atom. The summed E-state index contributed by atoms with van der Waals surface area (Å²) in [5.41, 5.74) is 2.91. The maximum absolute atomic E-state index is 5.84. The van der Waals surface area contributed by atoms with Crippen LogP contribution < -0.4 is 14.4 Å². The number of fused-ring (bicyclic) bond motifs is 1. The van der Waals surface area contributed by atoms with Gasteiger partial charge in [0.15, 0.2) is 0 Å². The normalized spacial score (nSPS) is 11.2. The third-order valence-corrected chi connectivity index (χ3v) is 3.87. The summed E-state index contributed by atoms with van der Waals surface area (Å²) < 4.78 is 16.5. The second kappa shape index (κ2) is 6.71. The molecule has 124 valence electrons. The van der Waals surface area contributed by atoms with Crippen molar-refractivity contribution in [3.63, 3.8) is 0 Å². The van der Waals surface area contributed by atoms with Gasteiger partial charge in [0.05, 0.1) is 19.9 Å². The van der Waals surface area contributed by atoms with E-state index in [0.29, 0.717) is 0 Å². The molecule has 1 aromatic heterocycles. The molecule has 4 nitrogen and oxygen atoms in total. The standard InChI is InChI=1S/C20H21NO3/c1-21(2)18-10-6-14(11-20(18)23-4)5-8-17-12-15-7-9-16(22-3)13-19(15)24-17/h5-13H,1-4H3/b8-5+. The molecule has 1 heterocycles. The Balaban J connectivity index is 1.87. The summed E-state index contributed by atoms with van der Waals surface area (Å²) in [6, 6.07) is 13.9. The lowest BCUT2D eigenvalue weighted by Gasteiger charge is -2.16. The van der Waals surface area contributed by atoms with Gasteiger partial charge in [-0.15, -0.1) is 0 Å². The fraction of sp³-hybridized carbons (Fsp3) is 0.200. The average molecular weight is 323 g/mol. The van der Waals surface area contributed by atoms with E-state index in [-0.39, 0.29) is 0 Å². The van der Waals surface area contributed by atoms with Crippen molar-refractivity contribution in [3.05, 3.63) is 53.8 Å². The minimum atomic E-state index is 0.788. The minimum absolute atomic E-state index is 0.788. The van der Waals surface area contributed by atoms with E-state index in [1.165, 1.54) is 0 Å². The molecule has 4 heteroatoms. The predicted molar refractivity (Wildman–Crippen MR) is 99.0 cm³/mol. The van der Waals surface area contributed by atoms with Crippen LogP contribution in [0.4, 0.5) is 5.69 Å². The van der Waals surface area contributed by atoms with E-state index in [0.717, 1.165) is 39.5 Å². The van der Waals surface area contributed by atoms with E-state index in [9.17, 15) is 0 Å². The van der Waals surface area contributed by atoms with Gasteiger partial charge in [0, 0.05) is 25.5 Å². The van der Waals surface area contributed by atoms with Crippen LogP contribution in [0.15, 0.2) is 46.9 Å². The van der Waals surface area contributed by atoms with Crippen LogP contribution in [0, 0.1) is 0 Å². The minimum Gasteiger partial charge on any atom is -0.497 e. The second-order valence-corrected chi connectivity index (χ2v) is 5.71. The fourth-order valence-electron chi connectivity index (χ4n) is 2.59. The molecular weight excluding hydrogens is 302 g/mol. The summed E-state index contributed by atoms with van der Waals surface area (Å²) in [5.74, 6) is 2.43. The van der Waals surface area contributed by atoms with Gasteiger partial charge in [-0.3, -0.25) is 0 Å². The molecular formula is C20H21NO3. The van der Waals surface area contributed by atoms with Gasteiger partial charge in [0.2, 0.25) is 0 Å². The van der Waals surface area contributed by atoms with Crippen LogP contribution in [0.25, 0.3) is 23.1 Å².